The molecule has 0 saturated heterocycles. The molecule has 3 aromatic rings. The number of primary amides is 1. The summed E-state index contributed by atoms with van der Waals surface area (Å²) < 4.78 is 1.21. The van der Waals surface area contributed by atoms with E-state index in [1.165, 1.54) is 23.9 Å². The van der Waals surface area contributed by atoms with Crippen LogP contribution >= 0.6 is 11.6 Å². The number of fused-ring (bicyclic) bond motifs is 1. The Morgan fingerprint density at radius 1 is 1.19 bits per heavy atom. The van der Waals surface area contributed by atoms with Gasteiger partial charge in [-0.25, -0.2) is 4.68 Å². The van der Waals surface area contributed by atoms with E-state index in [2.05, 4.69) is 10.4 Å². The van der Waals surface area contributed by atoms with Crippen LogP contribution in [0, 0.1) is 0 Å². The molecule has 1 aromatic heterocycles. The summed E-state index contributed by atoms with van der Waals surface area (Å²) in [4.78, 5) is 35.9. The number of rotatable bonds is 4. The molecule has 132 valence electrons. The number of carbonyl (C=O) groups excluding carboxylic acids is 2. The molecule has 3 rings (SSSR count). The van der Waals surface area contributed by atoms with Crippen LogP contribution in [0.3, 0.4) is 0 Å². The summed E-state index contributed by atoms with van der Waals surface area (Å²) >= 11 is 5.90. The first kappa shape index (κ1) is 17.6. The lowest BCUT2D eigenvalue weighted by Crippen LogP contribution is -2.24. The monoisotopic (exact) mass is 370 g/mol. The minimum atomic E-state index is -0.684. The Kier molecular flexibility index (Phi) is 4.73. The van der Waals surface area contributed by atoms with Crippen LogP contribution in [0.25, 0.3) is 10.8 Å². The van der Waals surface area contributed by atoms with Crippen molar-refractivity contribution in [2.75, 3.05) is 5.32 Å². The van der Waals surface area contributed by atoms with Crippen LogP contribution in [0.15, 0.2) is 47.3 Å². The lowest BCUT2D eigenvalue weighted by atomic mass is 10.1. The molecule has 0 fully saturated rings. The van der Waals surface area contributed by atoms with E-state index in [4.69, 9.17) is 17.3 Å². The molecule has 0 radical (unpaired) electrons. The van der Waals surface area contributed by atoms with Gasteiger partial charge in [0.2, 0.25) is 11.8 Å². The van der Waals surface area contributed by atoms with Crippen molar-refractivity contribution in [1.82, 2.24) is 9.78 Å². The van der Waals surface area contributed by atoms with Gasteiger partial charge in [0.25, 0.3) is 5.56 Å². The van der Waals surface area contributed by atoms with E-state index in [0.717, 1.165) is 0 Å². The fraction of sp³-hybridized carbons (Fsp3) is 0.111. The topological polar surface area (TPSA) is 107 Å². The maximum atomic E-state index is 12.4. The molecular weight excluding hydrogens is 356 g/mol. The molecular formula is C18H15ClN4O3. The maximum absolute atomic E-state index is 12.4. The molecule has 2 aromatic carbocycles. The zero-order chi connectivity index (χ0) is 18.8. The number of carbonyl (C=O) groups is 2. The van der Waals surface area contributed by atoms with Crippen LogP contribution in [0.1, 0.15) is 16.1 Å². The van der Waals surface area contributed by atoms with Crippen LogP contribution in [0.4, 0.5) is 5.69 Å². The third-order valence-corrected chi connectivity index (χ3v) is 4.21. The quantitative estimate of drug-likeness (QED) is 0.730. The Hall–Kier alpha value is -3.19. The number of anilines is 1. The van der Waals surface area contributed by atoms with Gasteiger partial charge in [0.15, 0.2) is 0 Å². The van der Waals surface area contributed by atoms with Crippen LogP contribution in [-0.2, 0) is 18.3 Å². The second-order valence-electron chi connectivity index (χ2n) is 5.70. The van der Waals surface area contributed by atoms with Crippen molar-refractivity contribution in [1.29, 1.82) is 0 Å². The van der Waals surface area contributed by atoms with Gasteiger partial charge in [-0.05, 0) is 24.3 Å². The first-order chi connectivity index (χ1) is 12.4. The Morgan fingerprint density at radius 3 is 2.58 bits per heavy atom. The molecule has 0 unspecified atom stereocenters. The van der Waals surface area contributed by atoms with Gasteiger partial charge in [-0.2, -0.15) is 5.10 Å². The number of nitrogens with two attached hydrogens (primary N) is 1. The number of aromatic nitrogens is 2. The van der Waals surface area contributed by atoms with Crippen molar-refractivity contribution in [3.8, 4) is 0 Å². The smallest absolute Gasteiger partial charge is 0.274 e. The molecule has 7 nitrogen and oxygen atoms in total. The molecule has 3 N–H and O–H groups in total. The van der Waals surface area contributed by atoms with E-state index in [-0.39, 0.29) is 28.5 Å². The van der Waals surface area contributed by atoms with E-state index in [1.807, 2.05) is 0 Å². The normalized spacial score (nSPS) is 10.7. The van der Waals surface area contributed by atoms with Gasteiger partial charge in [0, 0.05) is 18.1 Å². The Morgan fingerprint density at radius 2 is 1.88 bits per heavy atom. The lowest BCUT2D eigenvalue weighted by molar-refractivity contribution is -0.115. The fourth-order valence-corrected chi connectivity index (χ4v) is 2.87. The van der Waals surface area contributed by atoms with Gasteiger partial charge in [-0.15, -0.1) is 0 Å². The second-order valence-corrected chi connectivity index (χ2v) is 6.11. The van der Waals surface area contributed by atoms with Gasteiger partial charge in [0.05, 0.1) is 28.1 Å². The third-order valence-electron chi connectivity index (χ3n) is 3.88. The Labute approximate surface area is 153 Å². The highest BCUT2D eigenvalue weighted by Crippen LogP contribution is 2.20. The van der Waals surface area contributed by atoms with E-state index in [9.17, 15) is 14.4 Å². The molecule has 1 heterocycles. The summed E-state index contributed by atoms with van der Waals surface area (Å²) in [5, 5.41) is 8.20. The highest BCUT2D eigenvalue weighted by molar-refractivity contribution is 6.34. The van der Waals surface area contributed by atoms with E-state index < -0.39 is 5.91 Å². The second kappa shape index (κ2) is 6.97. The molecule has 0 saturated carbocycles. The molecule has 0 aliphatic heterocycles. The summed E-state index contributed by atoms with van der Waals surface area (Å²) in [5.41, 5.74) is 6.01. The minimum absolute atomic E-state index is 0.0385. The number of nitrogens with zero attached hydrogens (tertiary/aromatic N) is 2. The van der Waals surface area contributed by atoms with E-state index >= 15 is 0 Å². The SMILES string of the molecule is Cn1nc(CC(=O)Nc2ccc(Cl)c(C(N)=O)c2)c2ccccc2c1=O. The van der Waals surface area contributed by atoms with Crippen molar-refractivity contribution in [3.05, 3.63) is 69.1 Å². The predicted octanol–water partition coefficient (Wildman–Crippen LogP) is 1.87. The highest BCUT2D eigenvalue weighted by Gasteiger charge is 2.14. The van der Waals surface area contributed by atoms with Crippen molar-refractivity contribution >= 4 is 39.9 Å². The molecule has 0 atom stereocenters. The van der Waals surface area contributed by atoms with Gasteiger partial charge in [-0.1, -0.05) is 29.8 Å². The largest absolute Gasteiger partial charge is 0.366 e. The van der Waals surface area contributed by atoms with Crippen molar-refractivity contribution in [2.24, 2.45) is 12.8 Å². The summed E-state index contributed by atoms with van der Waals surface area (Å²) in [5.74, 6) is -1.03. The number of nitrogens with one attached hydrogen (secondary N) is 1. The van der Waals surface area contributed by atoms with Gasteiger partial charge < -0.3 is 11.1 Å². The summed E-state index contributed by atoms with van der Waals surface area (Å²) in [6.07, 6.45) is -0.0385. The average molecular weight is 371 g/mol. The van der Waals surface area contributed by atoms with Gasteiger partial charge in [0.1, 0.15) is 0 Å². The number of amides is 2. The highest BCUT2D eigenvalue weighted by atomic mass is 35.5. The molecule has 2 amide bonds. The van der Waals surface area contributed by atoms with Gasteiger partial charge >= 0.3 is 0 Å². The minimum Gasteiger partial charge on any atom is -0.366 e. The average Bonchev–Trinajstić information content (AvgIpc) is 2.61. The zero-order valence-corrected chi connectivity index (χ0v) is 14.6. The number of hydrogen-bond acceptors (Lipinski definition) is 4. The van der Waals surface area contributed by atoms with Crippen LogP contribution in [0.2, 0.25) is 5.02 Å². The maximum Gasteiger partial charge on any atom is 0.274 e. The summed E-state index contributed by atoms with van der Waals surface area (Å²) in [6.45, 7) is 0. The van der Waals surface area contributed by atoms with E-state index in [0.29, 0.717) is 22.2 Å². The van der Waals surface area contributed by atoms with Crippen molar-refractivity contribution in [2.45, 2.75) is 6.42 Å². The third kappa shape index (κ3) is 3.43. The fourth-order valence-electron chi connectivity index (χ4n) is 2.66. The molecule has 8 heteroatoms. The van der Waals surface area contributed by atoms with Crippen LogP contribution < -0.4 is 16.6 Å². The molecule has 0 spiro atoms. The summed E-state index contributed by atoms with van der Waals surface area (Å²) in [6, 6.07) is 11.4. The Balaban J connectivity index is 1.89. The standard InChI is InChI=1S/C18H15ClN4O3/c1-23-18(26)12-5-3-2-4-11(12)15(22-23)9-16(24)21-10-6-7-14(19)13(8-10)17(20)25/h2-8H,9H2,1H3,(H2,20,25)(H,21,24). The zero-order valence-electron chi connectivity index (χ0n) is 13.8. The lowest BCUT2D eigenvalue weighted by Gasteiger charge is -2.10. The molecule has 26 heavy (non-hydrogen) atoms. The number of aryl methyl sites for hydroxylation is 1. The van der Waals surface area contributed by atoms with Crippen LogP contribution in [-0.4, -0.2) is 21.6 Å². The van der Waals surface area contributed by atoms with Crippen molar-refractivity contribution in [3.63, 3.8) is 0 Å². The van der Waals surface area contributed by atoms with Crippen molar-refractivity contribution < 1.29 is 9.59 Å². The first-order valence-electron chi connectivity index (χ1n) is 7.71. The number of benzene rings is 2. The molecule has 0 aliphatic rings. The number of hydrogen-bond donors (Lipinski definition) is 2. The molecule has 0 aliphatic carbocycles. The van der Waals surface area contributed by atoms with E-state index in [1.54, 1.807) is 30.3 Å². The summed E-state index contributed by atoms with van der Waals surface area (Å²) in [7, 11) is 1.54. The predicted molar refractivity (Wildman–Crippen MR) is 99.3 cm³/mol. The first-order valence-corrected chi connectivity index (χ1v) is 8.08. The number of halogens is 1. The Bertz CT molecular complexity index is 1090. The molecule has 0 bridgehead atoms. The van der Waals surface area contributed by atoms with Gasteiger partial charge in [-0.3, -0.25) is 14.4 Å². The van der Waals surface area contributed by atoms with Crippen LogP contribution in [0.5, 0.6) is 0 Å².